The van der Waals surface area contributed by atoms with Gasteiger partial charge in [0.1, 0.15) is 17.2 Å². The fourth-order valence-corrected chi connectivity index (χ4v) is 2.86. The normalized spacial score (nSPS) is 10.6. The Labute approximate surface area is 168 Å². The molecular formula is C22H20N4O3. The fourth-order valence-electron chi connectivity index (χ4n) is 2.86. The molecule has 0 saturated carbocycles. The van der Waals surface area contributed by atoms with E-state index in [2.05, 4.69) is 20.4 Å². The molecule has 1 N–H and O–H groups in total. The van der Waals surface area contributed by atoms with Crippen LogP contribution in [0.3, 0.4) is 0 Å². The number of nitrogens with zero attached hydrogens (tertiary/aromatic N) is 3. The van der Waals surface area contributed by atoms with Gasteiger partial charge in [0.05, 0.1) is 19.9 Å². The lowest BCUT2D eigenvalue weighted by atomic mass is 10.2. The van der Waals surface area contributed by atoms with Crippen molar-refractivity contribution in [3.63, 3.8) is 0 Å². The summed E-state index contributed by atoms with van der Waals surface area (Å²) in [4.78, 5) is 8.75. The molecule has 0 amide bonds. The van der Waals surface area contributed by atoms with Gasteiger partial charge in [-0.15, -0.1) is 0 Å². The Morgan fingerprint density at radius 3 is 2.48 bits per heavy atom. The van der Waals surface area contributed by atoms with Crippen molar-refractivity contribution in [3.05, 3.63) is 66.4 Å². The van der Waals surface area contributed by atoms with Gasteiger partial charge in [0.2, 0.25) is 5.82 Å². The number of nitrogens with one attached hydrogen (secondary N) is 1. The summed E-state index contributed by atoms with van der Waals surface area (Å²) in [7, 11) is 3.25. The van der Waals surface area contributed by atoms with E-state index in [1.807, 2.05) is 61.5 Å². The van der Waals surface area contributed by atoms with Crippen LogP contribution in [-0.2, 0) is 0 Å². The molecule has 146 valence electrons. The third-order valence-electron chi connectivity index (χ3n) is 4.39. The Balaban J connectivity index is 1.53. The van der Waals surface area contributed by atoms with Crippen LogP contribution in [0.2, 0.25) is 0 Å². The van der Waals surface area contributed by atoms with E-state index in [1.165, 1.54) is 0 Å². The van der Waals surface area contributed by atoms with Crippen LogP contribution < -0.4 is 14.8 Å². The molecular weight excluding hydrogens is 368 g/mol. The van der Waals surface area contributed by atoms with Gasteiger partial charge in [-0.25, -0.2) is 0 Å². The van der Waals surface area contributed by atoms with Crippen molar-refractivity contribution in [1.82, 2.24) is 15.1 Å². The summed E-state index contributed by atoms with van der Waals surface area (Å²) in [6, 6.07) is 17.2. The summed E-state index contributed by atoms with van der Waals surface area (Å²) < 4.78 is 16.1. The Kier molecular flexibility index (Phi) is 5.11. The third kappa shape index (κ3) is 4.03. The molecule has 4 rings (SSSR count). The lowest BCUT2D eigenvalue weighted by molar-refractivity contribution is 0.395. The predicted octanol–water partition coefficient (Wildman–Crippen LogP) is 4.87. The summed E-state index contributed by atoms with van der Waals surface area (Å²) in [6.45, 7) is 2.00. The number of hydrogen-bond donors (Lipinski definition) is 1. The molecule has 7 heteroatoms. The van der Waals surface area contributed by atoms with Crippen LogP contribution >= 0.6 is 0 Å². The number of pyridine rings is 1. The number of anilines is 2. The quantitative estimate of drug-likeness (QED) is 0.505. The summed E-state index contributed by atoms with van der Waals surface area (Å²) in [5.41, 5.74) is 4.34. The first-order valence-corrected chi connectivity index (χ1v) is 9.02. The van der Waals surface area contributed by atoms with E-state index in [-0.39, 0.29) is 0 Å². The van der Waals surface area contributed by atoms with Crippen LogP contribution in [0.1, 0.15) is 5.56 Å². The molecule has 0 aliphatic carbocycles. The van der Waals surface area contributed by atoms with Gasteiger partial charge in [0, 0.05) is 23.5 Å². The predicted molar refractivity (Wildman–Crippen MR) is 111 cm³/mol. The zero-order chi connectivity index (χ0) is 20.2. The molecule has 0 aliphatic rings. The highest BCUT2D eigenvalue weighted by atomic mass is 16.5. The Hall–Kier alpha value is -3.87. The molecule has 4 aromatic rings. The van der Waals surface area contributed by atoms with Gasteiger partial charge in [-0.1, -0.05) is 5.16 Å². The largest absolute Gasteiger partial charge is 0.497 e. The van der Waals surface area contributed by atoms with Crippen LogP contribution in [0.4, 0.5) is 11.4 Å². The molecule has 0 saturated heterocycles. The highest BCUT2D eigenvalue weighted by molar-refractivity contribution is 5.69. The second-order valence-electron chi connectivity index (χ2n) is 6.41. The van der Waals surface area contributed by atoms with E-state index in [1.54, 1.807) is 20.4 Å². The minimum atomic E-state index is 0.442. The van der Waals surface area contributed by atoms with E-state index >= 15 is 0 Å². The molecule has 0 radical (unpaired) electrons. The topological polar surface area (TPSA) is 82.3 Å². The lowest BCUT2D eigenvalue weighted by Crippen LogP contribution is -1.95. The summed E-state index contributed by atoms with van der Waals surface area (Å²) in [5, 5.41) is 7.37. The first-order valence-electron chi connectivity index (χ1n) is 9.02. The SMILES string of the molecule is COc1ccc(Nc2ccc(-c3nc(-c4cc(C)ccn4)no3)cc2)c(OC)c1. The van der Waals surface area contributed by atoms with Gasteiger partial charge in [0.15, 0.2) is 0 Å². The van der Waals surface area contributed by atoms with Crippen molar-refractivity contribution in [2.45, 2.75) is 6.92 Å². The Morgan fingerprint density at radius 2 is 1.76 bits per heavy atom. The van der Waals surface area contributed by atoms with Crippen LogP contribution in [-0.4, -0.2) is 29.3 Å². The van der Waals surface area contributed by atoms with Gasteiger partial charge >= 0.3 is 0 Å². The molecule has 7 nitrogen and oxygen atoms in total. The maximum Gasteiger partial charge on any atom is 0.258 e. The van der Waals surface area contributed by atoms with Crippen LogP contribution in [0, 0.1) is 6.92 Å². The number of rotatable bonds is 6. The minimum absolute atomic E-state index is 0.442. The smallest absolute Gasteiger partial charge is 0.258 e. The van der Waals surface area contributed by atoms with E-state index < -0.39 is 0 Å². The zero-order valence-corrected chi connectivity index (χ0v) is 16.3. The van der Waals surface area contributed by atoms with Crippen LogP contribution in [0.5, 0.6) is 11.5 Å². The molecule has 0 fully saturated rings. The first kappa shape index (κ1) is 18.5. The van der Waals surface area contributed by atoms with Crippen molar-refractivity contribution < 1.29 is 14.0 Å². The summed E-state index contributed by atoms with van der Waals surface area (Å²) >= 11 is 0. The average molecular weight is 388 g/mol. The number of methoxy groups -OCH3 is 2. The molecule has 0 unspecified atom stereocenters. The molecule has 0 aliphatic heterocycles. The molecule has 0 atom stereocenters. The fraction of sp³-hybridized carbons (Fsp3) is 0.136. The van der Waals surface area contributed by atoms with Gasteiger partial charge in [-0.3, -0.25) is 4.98 Å². The van der Waals surface area contributed by atoms with Gasteiger partial charge < -0.3 is 19.3 Å². The maximum absolute atomic E-state index is 5.42. The number of ether oxygens (including phenoxy) is 2. The van der Waals surface area contributed by atoms with Crippen molar-refractivity contribution in [1.29, 1.82) is 0 Å². The number of benzene rings is 2. The number of aryl methyl sites for hydroxylation is 1. The molecule has 29 heavy (non-hydrogen) atoms. The molecule has 2 aromatic carbocycles. The molecule has 2 aromatic heterocycles. The second kappa shape index (κ2) is 8.02. The van der Waals surface area contributed by atoms with Crippen molar-refractivity contribution in [2.24, 2.45) is 0 Å². The van der Waals surface area contributed by atoms with Crippen molar-refractivity contribution in [2.75, 3.05) is 19.5 Å². The summed E-state index contributed by atoms with van der Waals surface area (Å²) in [5.74, 6) is 2.34. The molecule has 0 bridgehead atoms. The number of aromatic nitrogens is 3. The Morgan fingerprint density at radius 1 is 0.931 bits per heavy atom. The maximum atomic E-state index is 5.42. The van der Waals surface area contributed by atoms with E-state index in [9.17, 15) is 0 Å². The lowest BCUT2D eigenvalue weighted by Gasteiger charge is -2.12. The Bertz CT molecular complexity index is 1120. The zero-order valence-electron chi connectivity index (χ0n) is 16.3. The second-order valence-corrected chi connectivity index (χ2v) is 6.41. The van der Waals surface area contributed by atoms with E-state index in [4.69, 9.17) is 14.0 Å². The van der Waals surface area contributed by atoms with E-state index in [0.29, 0.717) is 23.2 Å². The summed E-state index contributed by atoms with van der Waals surface area (Å²) in [6.07, 6.45) is 1.73. The standard InChI is InChI=1S/C22H20N4O3/c1-14-10-11-23-19(12-14)21-25-22(29-26-21)15-4-6-16(7-5-15)24-18-9-8-17(27-2)13-20(18)28-3/h4-13,24H,1-3H3. The van der Waals surface area contributed by atoms with Gasteiger partial charge in [-0.2, -0.15) is 4.98 Å². The highest BCUT2D eigenvalue weighted by Crippen LogP contribution is 2.32. The first-order chi connectivity index (χ1) is 14.2. The average Bonchev–Trinajstić information content (AvgIpc) is 3.25. The number of hydrogen-bond acceptors (Lipinski definition) is 7. The van der Waals surface area contributed by atoms with Crippen molar-refractivity contribution in [3.8, 4) is 34.5 Å². The van der Waals surface area contributed by atoms with Crippen LogP contribution in [0.15, 0.2) is 65.3 Å². The van der Waals surface area contributed by atoms with Gasteiger partial charge in [-0.05, 0) is 61.0 Å². The monoisotopic (exact) mass is 388 g/mol. The third-order valence-corrected chi connectivity index (χ3v) is 4.39. The highest BCUT2D eigenvalue weighted by Gasteiger charge is 2.12. The molecule has 0 spiro atoms. The van der Waals surface area contributed by atoms with Crippen LogP contribution in [0.25, 0.3) is 23.0 Å². The van der Waals surface area contributed by atoms with Gasteiger partial charge in [0.25, 0.3) is 5.89 Å². The van der Waals surface area contributed by atoms with Crippen molar-refractivity contribution >= 4 is 11.4 Å². The van der Waals surface area contributed by atoms with E-state index in [0.717, 1.165) is 28.3 Å². The molecule has 2 heterocycles. The minimum Gasteiger partial charge on any atom is -0.497 e.